The molecule has 0 aromatic rings. The topological polar surface area (TPSA) is 58.6 Å². The van der Waals surface area contributed by atoms with E-state index in [-0.39, 0.29) is 6.04 Å². The van der Waals surface area contributed by atoms with Crippen LogP contribution in [0.3, 0.4) is 0 Å². The van der Waals surface area contributed by atoms with Gasteiger partial charge in [-0.2, -0.15) is 0 Å². The molecule has 18 heavy (non-hydrogen) atoms. The van der Waals surface area contributed by atoms with Gasteiger partial charge in [-0.3, -0.25) is 0 Å². The van der Waals surface area contributed by atoms with Crippen molar-refractivity contribution in [1.29, 1.82) is 0 Å². The minimum absolute atomic E-state index is 0.308. The molecule has 0 aromatic carbocycles. The Labute approximate surface area is 110 Å². The molecule has 0 rings (SSSR count). The lowest BCUT2D eigenvalue weighted by atomic mass is 9.97. The number of nitrogens with one attached hydrogen (secondary N) is 1. The summed E-state index contributed by atoms with van der Waals surface area (Å²) in [4.78, 5) is 11.7. The van der Waals surface area contributed by atoms with E-state index in [2.05, 4.69) is 11.9 Å². The quantitative estimate of drug-likeness (QED) is 0.719. The van der Waals surface area contributed by atoms with Crippen molar-refractivity contribution >= 4 is 6.09 Å². The summed E-state index contributed by atoms with van der Waals surface area (Å²) in [5, 5.41) is 12.7. The van der Waals surface area contributed by atoms with Crippen LogP contribution in [-0.2, 0) is 4.74 Å². The first-order chi connectivity index (χ1) is 8.15. The number of ether oxygens (including phenoxy) is 1. The summed E-state index contributed by atoms with van der Waals surface area (Å²) >= 11 is 0. The zero-order valence-corrected chi connectivity index (χ0v) is 12.2. The molecule has 0 saturated heterocycles. The number of aliphatic hydroxyl groups excluding tert-OH is 1. The van der Waals surface area contributed by atoms with Gasteiger partial charge < -0.3 is 15.2 Å². The van der Waals surface area contributed by atoms with Crippen LogP contribution < -0.4 is 5.32 Å². The predicted molar refractivity (Wildman–Crippen MR) is 73.4 cm³/mol. The van der Waals surface area contributed by atoms with Gasteiger partial charge in [-0.1, -0.05) is 19.9 Å². The summed E-state index contributed by atoms with van der Waals surface area (Å²) in [5.41, 5.74) is -0.532. The number of amides is 1. The van der Waals surface area contributed by atoms with Gasteiger partial charge in [0.1, 0.15) is 5.60 Å². The van der Waals surface area contributed by atoms with Gasteiger partial charge >= 0.3 is 6.09 Å². The summed E-state index contributed by atoms with van der Waals surface area (Å²) in [6.45, 7) is 13.1. The summed E-state index contributed by atoms with van der Waals surface area (Å²) in [6.07, 6.45) is 1.68. The third-order valence-electron chi connectivity index (χ3n) is 2.30. The highest BCUT2D eigenvalue weighted by Crippen LogP contribution is 2.13. The molecule has 106 valence electrons. The third kappa shape index (κ3) is 8.12. The van der Waals surface area contributed by atoms with Crippen LogP contribution in [0.1, 0.15) is 47.5 Å². The zero-order chi connectivity index (χ0) is 14.3. The Morgan fingerprint density at radius 1 is 1.44 bits per heavy atom. The maximum absolute atomic E-state index is 11.7. The van der Waals surface area contributed by atoms with E-state index >= 15 is 0 Å². The second-order valence-corrected chi connectivity index (χ2v) is 5.97. The number of rotatable bonds is 6. The summed E-state index contributed by atoms with van der Waals surface area (Å²) in [5.74, 6) is 0.379. The van der Waals surface area contributed by atoms with Crippen LogP contribution >= 0.6 is 0 Å². The molecule has 0 bridgehead atoms. The first-order valence-electron chi connectivity index (χ1n) is 6.44. The molecule has 0 fully saturated rings. The fourth-order valence-corrected chi connectivity index (χ4v) is 1.61. The maximum Gasteiger partial charge on any atom is 0.407 e. The standard InChI is InChI=1S/C14H27NO3/c1-7-8-12(16)11(9-10(2)3)15-13(17)18-14(4,5)6/h7,10-12,16H,1,8-9H2,2-6H3,(H,15,17)/t11-,12-/m1/s1. The van der Waals surface area contributed by atoms with E-state index < -0.39 is 17.8 Å². The molecule has 4 heteroatoms. The molecule has 2 N–H and O–H groups in total. The van der Waals surface area contributed by atoms with Gasteiger partial charge in [-0.25, -0.2) is 4.79 Å². The SMILES string of the molecule is C=CC[C@@H](O)[C@@H](CC(C)C)NC(=O)OC(C)(C)C. The number of hydrogen-bond donors (Lipinski definition) is 2. The van der Waals surface area contributed by atoms with Crippen molar-refractivity contribution in [2.75, 3.05) is 0 Å². The summed E-state index contributed by atoms with van der Waals surface area (Å²) in [7, 11) is 0. The highest BCUT2D eigenvalue weighted by atomic mass is 16.6. The van der Waals surface area contributed by atoms with Gasteiger partial charge in [0.15, 0.2) is 0 Å². The van der Waals surface area contributed by atoms with Crippen LogP contribution in [0.5, 0.6) is 0 Å². The molecule has 0 saturated carbocycles. The van der Waals surface area contributed by atoms with Crippen molar-refractivity contribution in [3.63, 3.8) is 0 Å². The molecule has 0 aliphatic heterocycles. The first kappa shape index (κ1) is 17.0. The maximum atomic E-state index is 11.7. The Morgan fingerprint density at radius 2 is 2.00 bits per heavy atom. The Morgan fingerprint density at radius 3 is 2.39 bits per heavy atom. The van der Waals surface area contributed by atoms with E-state index in [9.17, 15) is 9.90 Å². The van der Waals surface area contributed by atoms with Crippen LogP contribution in [0.25, 0.3) is 0 Å². The van der Waals surface area contributed by atoms with Crippen LogP contribution in [0.15, 0.2) is 12.7 Å². The van der Waals surface area contributed by atoms with Crippen LogP contribution in [0.2, 0.25) is 0 Å². The second kappa shape index (κ2) is 7.41. The van der Waals surface area contributed by atoms with Crippen LogP contribution in [0.4, 0.5) is 4.79 Å². The minimum Gasteiger partial charge on any atom is -0.444 e. The van der Waals surface area contributed by atoms with Gasteiger partial charge in [0.25, 0.3) is 0 Å². The molecule has 4 nitrogen and oxygen atoms in total. The van der Waals surface area contributed by atoms with E-state index in [0.29, 0.717) is 18.8 Å². The lowest BCUT2D eigenvalue weighted by Gasteiger charge is -2.27. The monoisotopic (exact) mass is 257 g/mol. The average Bonchev–Trinajstić information content (AvgIpc) is 2.13. The second-order valence-electron chi connectivity index (χ2n) is 5.97. The van der Waals surface area contributed by atoms with Gasteiger partial charge in [0.05, 0.1) is 12.1 Å². The fraction of sp³-hybridized carbons (Fsp3) is 0.786. The Bertz CT molecular complexity index is 269. The zero-order valence-electron chi connectivity index (χ0n) is 12.2. The van der Waals surface area contributed by atoms with Gasteiger partial charge in [-0.15, -0.1) is 6.58 Å². The lowest BCUT2D eigenvalue weighted by molar-refractivity contribution is 0.0407. The first-order valence-corrected chi connectivity index (χ1v) is 6.44. The van der Waals surface area contributed by atoms with Crippen molar-refractivity contribution in [2.45, 2.75) is 65.2 Å². The third-order valence-corrected chi connectivity index (χ3v) is 2.30. The Hall–Kier alpha value is -1.03. The van der Waals surface area contributed by atoms with Gasteiger partial charge in [0.2, 0.25) is 0 Å². The average molecular weight is 257 g/mol. The Balaban J connectivity index is 4.48. The number of aliphatic hydroxyl groups is 1. The number of hydrogen-bond acceptors (Lipinski definition) is 3. The minimum atomic E-state index is -0.627. The number of carbonyl (C=O) groups is 1. The van der Waals surface area contributed by atoms with Crippen molar-refractivity contribution < 1.29 is 14.6 Å². The molecule has 0 radical (unpaired) electrons. The molecule has 0 aliphatic rings. The highest BCUT2D eigenvalue weighted by Gasteiger charge is 2.24. The van der Waals surface area contributed by atoms with Crippen molar-refractivity contribution in [3.8, 4) is 0 Å². The fourth-order valence-electron chi connectivity index (χ4n) is 1.61. The smallest absolute Gasteiger partial charge is 0.407 e. The normalized spacial score (nSPS) is 15.1. The molecule has 0 aliphatic carbocycles. The van der Waals surface area contributed by atoms with Gasteiger partial charge in [-0.05, 0) is 39.5 Å². The highest BCUT2D eigenvalue weighted by molar-refractivity contribution is 5.68. The molecule has 1 amide bonds. The van der Waals surface area contributed by atoms with Crippen molar-refractivity contribution in [1.82, 2.24) is 5.32 Å². The molecule has 2 atom stereocenters. The predicted octanol–water partition coefficient (Wildman–Crippen LogP) is 2.86. The molecular formula is C14H27NO3. The van der Waals surface area contributed by atoms with Gasteiger partial charge in [0, 0.05) is 0 Å². The van der Waals surface area contributed by atoms with E-state index in [1.807, 2.05) is 34.6 Å². The number of carbonyl (C=O) groups excluding carboxylic acids is 1. The molecular weight excluding hydrogens is 230 g/mol. The number of alkyl carbamates (subject to hydrolysis) is 1. The summed E-state index contributed by atoms with van der Waals surface area (Å²) in [6, 6.07) is -0.308. The van der Waals surface area contributed by atoms with Crippen LogP contribution in [-0.4, -0.2) is 28.9 Å². The molecule has 0 heterocycles. The molecule has 0 spiro atoms. The lowest BCUT2D eigenvalue weighted by Crippen LogP contribution is -2.46. The summed E-state index contributed by atoms with van der Waals surface area (Å²) < 4.78 is 5.19. The molecule has 0 unspecified atom stereocenters. The van der Waals surface area contributed by atoms with Crippen molar-refractivity contribution in [3.05, 3.63) is 12.7 Å². The van der Waals surface area contributed by atoms with E-state index in [1.165, 1.54) is 0 Å². The van der Waals surface area contributed by atoms with Crippen molar-refractivity contribution in [2.24, 2.45) is 5.92 Å². The van der Waals surface area contributed by atoms with Crippen LogP contribution in [0, 0.1) is 5.92 Å². The largest absolute Gasteiger partial charge is 0.444 e. The van der Waals surface area contributed by atoms with E-state index in [0.717, 1.165) is 0 Å². The molecule has 0 aromatic heterocycles. The van der Waals surface area contributed by atoms with E-state index in [4.69, 9.17) is 4.74 Å². The van der Waals surface area contributed by atoms with E-state index in [1.54, 1.807) is 6.08 Å². The Kier molecular flexibility index (Phi) is 6.99.